The zero-order valence-electron chi connectivity index (χ0n) is 11.4. The highest BCUT2D eigenvalue weighted by atomic mass is 35.5. The van der Waals surface area contributed by atoms with Crippen molar-refractivity contribution in [1.82, 2.24) is 15.3 Å². The van der Waals surface area contributed by atoms with Crippen molar-refractivity contribution in [3.8, 4) is 11.8 Å². The van der Waals surface area contributed by atoms with Gasteiger partial charge in [0.15, 0.2) is 0 Å². The van der Waals surface area contributed by atoms with Crippen LogP contribution in [0.1, 0.15) is 11.1 Å². The van der Waals surface area contributed by atoms with Gasteiger partial charge in [-0.15, -0.1) is 0 Å². The van der Waals surface area contributed by atoms with Crippen LogP contribution in [0.5, 0.6) is 11.8 Å². The Hall–Kier alpha value is -1.85. The molecule has 6 heteroatoms. The molecular formula is C14H16ClN3O2. The zero-order valence-corrected chi connectivity index (χ0v) is 12.1. The highest BCUT2D eigenvalue weighted by Gasteiger charge is 2.12. The van der Waals surface area contributed by atoms with Crippen molar-refractivity contribution < 1.29 is 9.47 Å². The molecule has 5 nitrogen and oxygen atoms in total. The quantitative estimate of drug-likeness (QED) is 0.886. The standard InChI is InChI=1S/C14H16ClN3O2/c1-19-13-11(14(20-2)18-9-17-13)8-16-7-10-5-3-4-6-12(10)15/h3-6,9,16H,7-8H2,1-2H3. The number of hydrogen-bond donors (Lipinski definition) is 1. The van der Waals surface area contributed by atoms with Crippen LogP contribution < -0.4 is 14.8 Å². The minimum atomic E-state index is 0.503. The van der Waals surface area contributed by atoms with Gasteiger partial charge in [-0.2, -0.15) is 0 Å². The number of nitrogens with zero attached hydrogens (tertiary/aromatic N) is 2. The largest absolute Gasteiger partial charge is 0.481 e. The van der Waals surface area contributed by atoms with E-state index in [9.17, 15) is 0 Å². The van der Waals surface area contributed by atoms with Gasteiger partial charge in [-0.25, -0.2) is 9.97 Å². The highest BCUT2D eigenvalue weighted by Crippen LogP contribution is 2.23. The molecule has 0 unspecified atom stereocenters. The summed E-state index contributed by atoms with van der Waals surface area (Å²) in [4.78, 5) is 8.14. The van der Waals surface area contributed by atoms with Crippen LogP contribution >= 0.6 is 11.6 Å². The summed E-state index contributed by atoms with van der Waals surface area (Å²) < 4.78 is 10.4. The minimum Gasteiger partial charge on any atom is -0.481 e. The topological polar surface area (TPSA) is 56.3 Å². The fourth-order valence-corrected chi connectivity index (χ4v) is 2.05. The second-order valence-electron chi connectivity index (χ2n) is 4.07. The normalized spacial score (nSPS) is 10.3. The van der Waals surface area contributed by atoms with Crippen LogP contribution in [0.15, 0.2) is 30.6 Å². The third kappa shape index (κ3) is 3.37. The third-order valence-electron chi connectivity index (χ3n) is 2.83. The van der Waals surface area contributed by atoms with Crippen molar-refractivity contribution in [1.29, 1.82) is 0 Å². The molecule has 0 saturated carbocycles. The molecule has 1 heterocycles. The molecule has 0 radical (unpaired) electrons. The maximum atomic E-state index is 6.11. The molecule has 1 N–H and O–H groups in total. The van der Waals surface area contributed by atoms with Gasteiger partial charge < -0.3 is 14.8 Å². The second kappa shape index (κ2) is 7.07. The number of ether oxygens (including phenoxy) is 2. The van der Waals surface area contributed by atoms with Crippen LogP contribution in [0.2, 0.25) is 5.02 Å². The summed E-state index contributed by atoms with van der Waals surface area (Å²) in [6, 6.07) is 7.70. The Bertz CT molecular complexity index is 556. The van der Waals surface area contributed by atoms with Gasteiger partial charge in [0.2, 0.25) is 11.8 Å². The van der Waals surface area contributed by atoms with E-state index < -0.39 is 0 Å². The monoisotopic (exact) mass is 293 g/mol. The number of hydrogen-bond acceptors (Lipinski definition) is 5. The van der Waals surface area contributed by atoms with Crippen LogP contribution in [0.25, 0.3) is 0 Å². The summed E-state index contributed by atoms with van der Waals surface area (Å²) in [5.41, 5.74) is 1.81. The summed E-state index contributed by atoms with van der Waals surface area (Å²) in [5.74, 6) is 1.01. The maximum absolute atomic E-state index is 6.11. The first-order chi connectivity index (χ1) is 9.76. The highest BCUT2D eigenvalue weighted by molar-refractivity contribution is 6.31. The molecule has 0 aliphatic heterocycles. The fraction of sp³-hybridized carbons (Fsp3) is 0.286. The molecule has 20 heavy (non-hydrogen) atoms. The maximum Gasteiger partial charge on any atom is 0.224 e. The van der Waals surface area contributed by atoms with Crippen molar-refractivity contribution in [2.45, 2.75) is 13.1 Å². The molecular weight excluding hydrogens is 278 g/mol. The first kappa shape index (κ1) is 14.6. The number of nitrogens with one attached hydrogen (secondary N) is 1. The summed E-state index contributed by atoms with van der Waals surface area (Å²) in [7, 11) is 3.14. The summed E-state index contributed by atoms with van der Waals surface area (Å²) in [5, 5.41) is 4.02. The van der Waals surface area contributed by atoms with E-state index in [1.54, 1.807) is 14.2 Å². The molecule has 2 aromatic rings. The van der Waals surface area contributed by atoms with Crippen molar-refractivity contribution >= 4 is 11.6 Å². The smallest absolute Gasteiger partial charge is 0.224 e. The van der Waals surface area contributed by atoms with E-state index in [2.05, 4.69) is 15.3 Å². The Labute approximate surface area is 122 Å². The van der Waals surface area contributed by atoms with E-state index in [1.165, 1.54) is 6.33 Å². The SMILES string of the molecule is COc1ncnc(OC)c1CNCc1ccccc1Cl. The molecule has 0 aliphatic rings. The van der Waals surface area contributed by atoms with Gasteiger partial charge >= 0.3 is 0 Å². The minimum absolute atomic E-state index is 0.503. The van der Waals surface area contributed by atoms with Crippen LogP contribution in [-0.4, -0.2) is 24.2 Å². The van der Waals surface area contributed by atoms with Gasteiger partial charge in [0.1, 0.15) is 6.33 Å². The Morgan fingerprint density at radius 1 is 1.05 bits per heavy atom. The first-order valence-electron chi connectivity index (χ1n) is 6.12. The molecule has 1 aromatic heterocycles. The Morgan fingerprint density at radius 2 is 1.70 bits per heavy atom. The van der Waals surface area contributed by atoms with E-state index in [1.807, 2.05) is 24.3 Å². The van der Waals surface area contributed by atoms with E-state index >= 15 is 0 Å². The molecule has 0 fully saturated rings. The molecule has 0 amide bonds. The Balaban J connectivity index is 2.06. The first-order valence-corrected chi connectivity index (χ1v) is 6.50. The predicted molar refractivity (Wildman–Crippen MR) is 77.1 cm³/mol. The lowest BCUT2D eigenvalue weighted by Crippen LogP contribution is -2.15. The number of benzene rings is 1. The average Bonchev–Trinajstić information content (AvgIpc) is 2.49. The predicted octanol–water partition coefficient (Wildman–Crippen LogP) is 2.44. The molecule has 2 rings (SSSR count). The Morgan fingerprint density at radius 3 is 2.30 bits per heavy atom. The van der Waals surface area contributed by atoms with Crippen LogP contribution in [0.3, 0.4) is 0 Å². The van der Waals surface area contributed by atoms with Gasteiger partial charge in [0.05, 0.1) is 19.8 Å². The Kier molecular flexibility index (Phi) is 5.15. The van der Waals surface area contributed by atoms with Gasteiger partial charge in [-0.1, -0.05) is 29.8 Å². The molecule has 0 bridgehead atoms. The van der Waals surface area contributed by atoms with Gasteiger partial charge in [-0.3, -0.25) is 0 Å². The van der Waals surface area contributed by atoms with E-state index in [4.69, 9.17) is 21.1 Å². The molecule has 0 spiro atoms. The van der Waals surface area contributed by atoms with E-state index in [0.29, 0.717) is 24.8 Å². The van der Waals surface area contributed by atoms with E-state index in [0.717, 1.165) is 16.1 Å². The molecule has 106 valence electrons. The van der Waals surface area contributed by atoms with Crippen molar-refractivity contribution in [2.75, 3.05) is 14.2 Å². The number of rotatable bonds is 6. The molecule has 0 atom stereocenters. The number of methoxy groups -OCH3 is 2. The van der Waals surface area contributed by atoms with E-state index in [-0.39, 0.29) is 0 Å². The van der Waals surface area contributed by atoms with Gasteiger partial charge in [0.25, 0.3) is 0 Å². The van der Waals surface area contributed by atoms with Crippen LogP contribution in [-0.2, 0) is 13.1 Å². The van der Waals surface area contributed by atoms with Crippen LogP contribution in [0.4, 0.5) is 0 Å². The summed E-state index contributed by atoms with van der Waals surface area (Å²) in [6.07, 6.45) is 1.41. The lowest BCUT2D eigenvalue weighted by Gasteiger charge is -2.12. The van der Waals surface area contributed by atoms with Crippen molar-refractivity contribution in [3.63, 3.8) is 0 Å². The van der Waals surface area contributed by atoms with Crippen molar-refractivity contribution in [3.05, 3.63) is 46.7 Å². The lowest BCUT2D eigenvalue weighted by molar-refractivity contribution is 0.359. The van der Waals surface area contributed by atoms with Crippen LogP contribution in [0, 0.1) is 0 Å². The molecule has 0 saturated heterocycles. The number of aromatic nitrogens is 2. The van der Waals surface area contributed by atoms with Gasteiger partial charge in [-0.05, 0) is 11.6 Å². The summed E-state index contributed by atoms with van der Waals surface area (Å²) in [6.45, 7) is 1.17. The lowest BCUT2D eigenvalue weighted by atomic mass is 10.2. The zero-order chi connectivity index (χ0) is 14.4. The summed E-state index contributed by atoms with van der Waals surface area (Å²) >= 11 is 6.11. The molecule has 0 aliphatic carbocycles. The van der Waals surface area contributed by atoms with Gasteiger partial charge in [0, 0.05) is 18.1 Å². The molecule has 1 aromatic carbocycles. The average molecular weight is 294 g/mol. The second-order valence-corrected chi connectivity index (χ2v) is 4.47. The van der Waals surface area contributed by atoms with Crippen molar-refractivity contribution in [2.24, 2.45) is 0 Å². The third-order valence-corrected chi connectivity index (χ3v) is 3.20. The fourth-order valence-electron chi connectivity index (χ4n) is 1.85. The number of halogens is 1.